The molecule has 0 amide bonds. The van der Waals surface area contributed by atoms with Crippen molar-refractivity contribution in [2.75, 3.05) is 33.8 Å². The maximum atomic E-state index is 12.6. The van der Waals surface area contributed by atoms with E-state index in [1.54, 1.807) is 11.7 Å². The van der Waals surface area contributed by atoms with E-state index in [2.05, 4.69) is 17.0 Å². The Labute approximate surface area is 126 Å². The summed E-state index contributed by atoms with van der Waals surface area (Å²) in [5.41, 5.74) is 0. The van der Waals surface area contributed by atoms with Gasteiger partial charge in [0.1, 0.15) is 4.90 Å². The van der Waals surface area contributed by atoms with Crippen molar-refractivity contribution in [1.29, 1.82) is 0 Å². The number of sulfonamides is 1. The predicted octanol–water partition coefficient (Wildman–Crippen LogP) is -0.0198. The second-order valence-electron chi connectivity index (χ2n) is 5.57. The normalized spacial score (nSPS) is 18.5. The molecule has 1 N–H and O–H groups in total. The lowest BCUT2D eigenvalue weighted by molar-refractivity contribution is 0.197. The second kappa shape index (κ2) is 6.87. The molecule has 0 atom stereocenters. The van der Waals surface area contributed by atoms with Crippen LogP contribution in [0.25, 0.3) is 0 Å². The van der Waals surface area contributed by atoms with Gasteiger partial charge < -0.3 is 10.0 Å². The Balaban J connectivity index is 2.07. The topological polar surface area (TPSA) is 78.7 Å². The Hall–Kier alpha value is -0.960. The largest absolute Gasteiger partial charge is 0.396 e. The molecule has 0 spiro atoms. The fraction of sp³-hybridized carbons (Fsp3) is 0.769. The fourth-order valence-electron chi connectivity index (χ4n) is 2.55. The van der Waals surface area contributed by atoms with Crippen LogP contribution in [-0.2, 0) is 16.6 Å². The average Bonchev–Trinajstić information content (AvgIpc) is 2.94. The van der Waals surface area contributed by atoms with Crippen LogP contribution in [0.2, 0.25) is 0 Å². The number of aliphatic hydroxyl groups is 1. The van der Waals surface area contributed by atoms with Crippen molar-refractivity contribution in [3.8, 4) is 0 Å². The zero-order chi connectivity index (χ0) is 15.5. The van der Waals surface area contributed by atoms with Gasteiger partial charge in [-0.1, -0.05) is 0 Å². The molecule has 1 saturated heterocycles. The lowest BCUT2D eigenvalue weighted by Crippen LogP contribution is -2.44. The molecule has 1 aliphatic rings. The highest BCUT2D eigenvalue weighted by Gasteiger charge is 2.30. The summed E-state index contributed by atoms with van der Waals surface area (Å²) >= 11 is 0. The van der Waals surface area contributed by atoms with E-state index in [9.17, 15) is 8.42 Å². The van der Waals surface area contributed by atoms with Gasteiger partial charge in [0.15, 0.2) is 0 Å². The molecule has 0 unspecified atom stereocenters. The molecule has 21 heavy (non-hydrogen) atoms. The summed E-state index contributed by atoms with van der Waals surface area (Å²) in [5.74, 6) is 0. The first-order valence-corrected chi connectivity index (χ1v) is 8.69. The van der Waals surface area contributed by atoms with E-state index < -0.39 is 10.0 Å². The standard InChI is InChI=1S/C13H24N4O3S/c1-15-7-4-12(5-8-15)16(2)21(19,20)13-10-14-17(11-13)6-3-9-18/h10-12,18H,3-9H2,1-2H3. The van der Waals surface area contributed by atoms with Crippen molar-refractivity contribution in [2.45, 2.75) is 36.7 Å². The Bertz CT molecular complexity index is 550. The lowest BCUT2D eigenvalue weighted by Gasteiger charge is -2.34. The van der Waals surface area contributed by atoms with Crippen LogP contribution in [0.5, 0.6) is 0 Å². The number of aliphatic hydroxyl groups excluding tert-OH is 1. The van der Waals surface area contributed by atoms with E-state index in [1.165, 1.54) is 16.7 Å². The first kappa shape index (κ1) is 16.4. The molecule has 1 aromatic rings. The minimum Gasteiger partial charge on any atom is -0.396 e. The van der Waals surface area contributed by atoms with Crippen LogP contribution in [0.15, 0.2) is 17.3 Å². The van der Waals surface area contributed by atoms with Gasteiger partial charge in [0.2, 0.25) is 10.0 Å². The molecule has 2 rings (SSSR count). The summed E-state index contributed by atoms with van der Waals surface area (Å²) in [4.78, 5) is 2.44. The SMILES string of the molecule is CN1CCC(N(C)S(=O)(=O)c2cnn(CCCO)c2)CC1. The zero-order valence-electron chi connectivity index (χ0n) is 12.6. The monoisotopic (exact) mass is 316 g/mol. The highest BCUT2D eigenvalue weighted by atomic mass is 32.2. The van der Waals surface area contributed by atoms with Crippen LogP contribution < -0.4 is 0 Å². The van der Waals surface area contributed by atoms with Crippen molar-refractivity contribution >= 4 is 10.0 Å². The van der Waals surface area contributed by atoms with Gasteiger partial charge in [0.25, 0.3) is 0 Å². The quantitative estimate of drug-likeness (QED) is 0.798. The maximum absolute atomic E-state index is 12.6. The number of nitrogens with zero attached hydrogens (tertiary/aromatic N) is 4. The Morgan fingerprint density at radius 1 is 1.43 bits per heavy atom. The predicted molar refractivity (Wildman–Crippen MR) is 79.4 cm³/mol. The Morgan fingerprint density at radius 2 is 2.10 bits per heavy atom. The van der Waals surface area contributed by atoms with Gasteiger partial charge in [-0.25, -0.2) is 8.42 Å². The average molecular weight is 316 g/mol. The summed E-state index contributed by atoms with van der Waals surface area (Å²) in [6.45, 7) is 2.42. The molecule has 1 fully saturated rings. The smallest absolute Gasteiger partial charge is 0.246 e. The highest BCUT2D eigenvalue weighted by molar-refractivity contribution is 7.89. The van der Waals surface area contributed by atoms with Gasteiger partial charge in [-0.15, -0.1) is 0 Å². The molecule has 0 aromatic carbocycles. The van der Waals surface area contributed by atoms with E-state index in [1.807, 2.05) is 0 Å². The van der Waals surface area contributed by atoms with Gasteiger partial charge in [0, 0.05) is 32.4 Å². The number of piperidine rings is 1. The Morgan fingerprint density at radius 3 is 2.71 bits per heavy atom. The minimum atomic E-state index is -3.49. The van der Waals surface area contributed by atoms with Crippen LogP contribution in [-0.4, -0.2) is 72.3 Å². The van der Waals surface area contributed by atoms with Crippen LogP contribution in [0.3, 0.4) is 0 Å². The molecule has 0 saturated carbocycles. The third-order valence-electron chi connectivity index (χ3n) is 4.03. The molecule has 1 aromatic heterocycles. The molecular weight excluding hydrogens is 292 g/mol. The van der Waals surface area contributed by atoms with Crippen molar-refractivity contribution in [2.24, 2.45) is 0 Å². The molecule has 7 nitrogen and oxygen atoms in total. The third kappa shape index (κ3) is 3.82. The summed E-state index contributed by atoms with van der Waals surface area (Å²) in [6.07, 6.45) is 5.19. The van der Waals surface area contributed by atoms with Gasteiger partial charge in [0.05, 0.1) is 6.20 Å². The molecular formula is C13H24N4O3S. The number of hydrogen-bond acceptors (Lipinski definition) is 5. The summed E-state index contributed by atoms with van der Waals surface area (Å²) < 4.78 is 28.3. The van der Waals surface area contributed by atoms with E-state index in [4.69, 9.17) is 5.11 Å². The van der Waals surface area contributed by atoms with E-state index in [0.717, 1.165) is 25.9 Å². The van der Waals surface area contributed by atoms with Crippen LogP contribution in [0.1, 0.15) is 19.3 Å². The molecule has 0 aliphatic carbocycles. The van der Waals surface area contributed by atoms with E-state index in [0.29, 0.717) is 13.0 Å². The van der Waals surface area contributed by atoms with Gasteiger partial charge in [-0.2, -0.15) is 9.40 Å². The molecule has 120 valence electrons. The fourth-order valence-corrected chi connectivity index (χ4v) is 3.92. The van der Waals surface area contributed by atoms with Crippen molar-refractivity contribution in [3.63, 3.8) is 0 Å². The Kier molecular flexibility index (Phi) is 5.37. The van der Waals surface area contributed by atoms with Crippen LogP contribution in [0.4, 0.5) is 0 Å². The molecule has 0 bridgehead atoms. The highest BCUT2D eigenvalue weighted by Crippen LogP contribution is 2.21. The third-order valence-corrected chi connectivity index (χ3v) is 5.90. The zero-order valence-corrected chi connectivity index (χ0v) is 13.5. The van der Waals surface area contributed by atoms with E-state index in [-0.39, 0.29) is 17.5 Å². The first-order chi connectivity index (χ1) is 9.95. The minimum absolute atomic E-state index is 0.0481. The number of rotatable bonds is 6. The number of aryl methyl sites for hydroxylation is 1. The summed E-state index contributed by atoms with van der Waals surface area (Å²) in [6, 6.07) is 0.0481. The lowest BCUT2D eigenvalue weighted by atomic mass is 10.1. The summed E-state index contributed by atoms with van der Waals surface area (Å²) in [7, 11) is 0.209. The van der Waals surface area contributed by atoms with Crippen LogP contribution >= 0.6 is 0 Å². The first-order valence-electron chi connectivity index (χ1n) is 7.25. The van der Waals surface area contributed by atoms with Crippen molar-refractivity contribution in [3.05, 3.63) is 12.4 Å². The van der Waals surface area contributed by atoms with Crippen molar-refractivity contribution in [1.82, 2.24) is 19.0 Å². The second-order valence-corrected chi connectivity index (χ2v) is 7.57. The summed E-state index contributed by atoms with van der Waals surface area (Å²) in [5, 5.41) is 12.9. The van der Waals surface area contributed by atoms with Gasteiger partial charge >= 0.3 is 0 Å². The number of aromatic nitrogens is 2. The van der Waals surface area contributed by atoms with Crippen molar-refractivity contribution < 1.29 is 13.5 Å². The van der Waals surface area contributed by atoms with Gasteiger partial charge in [-0.3, -0.25) is 4.68 Å². The molecule has 8 heteroatoms. The van der Waals surface area contributed by atoms with E-state index >= 15 is 0 Å². The van der Waals surface area contributed by atoms with Gasteiger partial charge in [-0.05, 0) is 39.4 Å². The number of likely N-dealkylation sites (tertiary alicyclic amines) is 1. The van der Waals surface area contributed by atoms with Crippen LogP contribution in [0, 0.1) is 0 Å². The molecule has 0 radical (unpaired) electrons. The molecule has 2 heterocycles. The number of hydrogen-bond donors (Lipinski definition) is 1. The maximum Gasteiger partial charge on any atom is 0.246 e. The molecule has 1 aliphatic heterocycles.